The number of likely N-dealkylation sites (tertiary alicyclic amines) is 1. The van der Waals surface area contributed by atoms with E-state index in [2.05, 4.69) is 18.7 Å². The SMILES string of the molecule is CC1(C)CCN(Cc2ccc(C=O)o2)CC1. The van der Waals surface area contributed by atoms with Gasteiger partial charge in [-0.1, -0.05) is 13.8 Å². The van der Waals surface area contributed by atoms with E-state index in [4.69, 9.17) is 4.42 Å². The number of furan rings is 1. The van der Waals surface area contributed by atoms with Crippen molar-refractivity contribution in [1.29, 1.82) is 0 Å². The largest absolute Gasteiger partial charge is 0.457 e. The van der Waals surface area contributed by atoms with E-state index in [0.29, 0.717) is 11.2 Å². The van der Waals surface area contributed by atoms with Crippen molar-refractivity contribution >= 4 is 6.29 Å². The Balaban J connectivity index is 1.89. The highest BCUT2D eigenvalue weighted by atomic mass is 16.3. The lowest BCUT2D eigenvalue weighted by Crippen LogP contribution is -2.36. The minimum Gasteiger partial charge on any atom is -0.457 e. The van der Waals surface area contributed by atoms with Crippen LogP contribution >= 0.6 is 0 Å². The highest BCUT2D eigenvalue weighted by Crippen LogP contribution is 2.30. The third kappa shape index (κ3) is 2.73. The number of carbonyl (C=O) groups is 1. The molecule has 0 spiro atoms. The molecule has 1 aromatic heterocycles. The van der Waals surface area contributed by atoms with Gasteiger partial charge in [-0.3, -0.25) is 9.69 Å². The van der Waals surface area contributed by atoms with Crippen molar-refractivity contribution in [3.8, 4) is 0 Å². The highest BCUT2D eigenvalue weighted by molar-refractivity contribution is 5.70. The van der Waals surface area contributed by atoms with Gasteiger partial charge in [0.1, 0.15) is 5.76 Å². The van der Waals surface area contributed by atoms with Gasteiger partial charge in [-0.05, 0) is 43.5 Å². The fraction of sp³-hybridized carbons (Fsp3) is 0.615. The normalized spacial score (nSPS) is 20.9. The summed E-state index contributed by atoms with van der Waals surface area (Å²) in [5.74, 6) is 1.31. The van der Waals surface area contributed by atoms with Gasteiger partial charge in [-0.15, -0.1) is 0 Å². The molecule has 1 fully saturated rings. The summed E-state index contributed by atoms with van der Waals surface area (Å²) < 4.78 is 5.38. The summed E-state index contributed by atoms with van der Waals surface area (Å²) in [5, 5.41) is 0. The van der Waals surface area contributed by atoms with Crippen molar-refractivity contribution < 1.29 is 9.21 Å². The maximum absolute atomic E-state index is 10.5. The minimum absolute atomic E-state index is 0.423. The van der Waals surface area contributed by atoms with Crippen molar-refractivity contribution in [3.63, 3.8) is 0 Å². The van der Waals surface area contributed by atoms with Gasteiger partial charge in [-0.25, -0.2) is 0 Å². The number of hydrogen-bond acceptors (Lipinski definition) is 3. The number of aldehydes is 1. The molecule has 1 aliphatic rings. The van der Waals surface area contributed by atoms with Crippen molar-refractivity contribution in [3.05, 3.63) is 23.7 Å². The summed E-state index contributed by atoms with van der Waals surface area (Å²) in [6.45, 7) is 7.70. The Kier molecular flexibility index (Phi) is 3.15. The molecule has 3 heteroatoms. The molecular formula is C13H19NO2. The Bertz CT molecular complexity index is 358. The molecule has 88 valence electrons. The molecule has 2 rings (SSSR count). The first-order valence-electron chi connectivity index (χ1n) is 5.85. The van der Waals surface area contributed by atoms with Crippen molar-refractivity contribution in [1.82, 2.24) is 4.90 Å². The second-order valence-corrected chi connectivity index (χ2v) is 5.36. The summed E-state index contributed by atoms with van der Waals surface area (Å²) in [4.78, 5) is 12.9. The van der Waals surface area contributed by atoms with Crippen LogP contribution in [0.4, 0.5) is 0 Å². The molecule has 0 unspecified atom stereocenters. The van der Waals surface area contributed by atoms with Crippen LogP contribution in [0.2, 0.25) is 0 Å². The summed E-state index contributed by atoms with van der Waals surface area (Å²) in [6, 6.07) is 3.62. The zero-order valence-electron chi connectivity index (χ0n) is 10.0. The topological polar surface area (TPSA) is 33.5 Å². The van der Waals surface area contributed by atoms with Crippen LogP contribution < -0.4 is 0 Å². The van der Waals surface area contributed by atoms with Crippen LogP contribution in [0.5, 0.6) is 0 Å². The fourth-order valence-electron chi connectivity index (χ4n) is 2.08. The molecule has 16 heavy (non-hydrogen) atoms. The van der Waals surface area contributed by atoms with Crippen molar-refractivity contribution in [2.24, 2.45) is 5.41 Å². The van der Waals surface area contributed by atoms with Gasteiger partial charge in [0.25, 0.3) is 0 Å². The first kappa shape index (κ1) is 11.4. The number of hydrogen-bond donors (Lipinski definition) is 0. The lowest BCUT2D eigenvalue weighted by molar-refractivity contribution is 0.108. The maximum Gasteiger partial charge on any atom is 0.185 e. The molecular weight excluding hydrogens is 202 g/mol. The van der Waals surface area contributed by atoms with Crippen LogP contribution in [-0.2, 0) is 6.54 Å². The first-order chi connectivity index (χ1) is 7.59. The van der Waals surface area contributed by atoms with Gasteiger partial charge in [0, 0.05) is 0 Å². The van der Waals surface area contributed by atoms with Gasteiger partial charge >= 0.3 is 0 Å². The average Bonchev–Trinajstić information content (AvgIpc) is 2.69. The quantitative estimate of drug-likeness (QED) is 0.736. The zero-order chi connectivity index (χ0) is 11.6. The zero-order valence-corrected chi connectivity index (χ0v) is 10.0. The van der Waals surface area contributed by atoms with E-state index in [9.17, 15) is 4.79 Å². The van der Waals surface area contributed by atoms with Crippen LogP contribution in [0.25, 0.3) is 0 Å². The third-order valence-electron chi connectivity index (χ3n) is 3.39. The van der Waals surface area contributed by atoms with Gasteiger partial charge in [0.15, 0.2) is 12.0 Å². The number of rotatable bonds is 3. The average molecular weight is 221 g/mol. The molecule has 3 nitrogen and oxygen atoms in total. The fourth-order valence-corrected chi connectivity index (χ4v) is 2.08. The van der Waals surface area contributed by atoms with Crippen LogP contribution in [0.3, 0.4) is 0 Å². The van der Waals surface area contributed by atoms with Crippen molar-refractivity contribution in [2.45, 2.75) is 33.2 Å². The van der Waals surface area contributed by atoms with Crippen LogP contribution in [0.1, 0.15) is 43.0 Å². The molecule has 0 N–H and O–H groups in total. The van der Waals surface area contributed by atoms with Gasteiger partial charge < -0.3 is 4.42 Å². The Hall–Kier alpha value is -1.09. The predicted octanol–water partition coefficient (Wildman–Crippen LogP) is 2.71. The third-order valence-corrected chi connectivity index (χ3v) is 3.39. The molecule has 0 aliphatic carbocycles. The van der Waals surface area contributed by atoms with E-state index >= 15 is 0 Å². The molecule has 0 radical (unpaired) electrons. The summed E-state index contributed by atoms with van der Waals surface area (Å²) in [6.07, 6.45) is 3.21. The lowest BCUT2D eigenvalue weighted by Gasteiger charge is -2.36. The second-order valence-electron chi connectivity index (χ2n) is 5.36. The molecule has 2 heterocycles. The number of piperidine rings is 1. The Morgan fingerprint density at radius 2 is 2.06 bits per heavy atom. The first-order valence-corrected chi connectivity index (χ1v) is 5.85. The molecule has 1 saturated heterocycles. The summed E-state index contributed by atoms with van der Waals surface area (Å²) in [7, 11) is 0. The number of carbonyl (C=O) groups excluding carboxylic acids is 1. The molecule has 0 saturated carbocycles. The van der Waals surface area contributed by atoms with Crippen LogP contribution in [0.15, 0.2) is 16.5 Å². The number of nitrogens with zero attached hydrogens (tertiary/aromatic N) is 1. The van der Waals surface area contributed by atoms with Crippen LogP contribution in [-0.4, -0.2) is 24.3 Å². The second kappa shape index (κ2) is 4.42. The van der Waals surface area contributed by atoms with E-state index < -0.39 is 0 Å². The standard InChI is InChI=1S/C13H19NO2/c1-13(2)5-7-14(8-6-13)9-11-3-4-12(10-15)16-11/h3-4,10H,5-9H2,1-2H3. The van der Waals surface area contributed by atoms with E-state index in [0.717, 1.165) is 31.7 Å². The molecule has 0 atom stereocenters. The van der Waals surface area contributed by atoms with E-state index in [1.165, 1.54) is 12.8 Å². The van der Waals surface area contributed by atoms with E-state index in [1.54, 1.807) is 6.07 Å². The maximum atomic E-state index is 10.5. The Labute approximate surface area is 96.4 Å². The van der Waals surface area contributed by atoms with Gasteiger partial charge in [0.2, 0.25) is 0 Å². The van der Waals surface area contributed by atoms with Gasteiger partial charge in [-0.2, -0.15) is 0 Å². The Morgan fingerprint density at radius 3 is 2.62 bits per heavy atom. The van der Waals surface area contributed by atoms with E-state index in [-0.39, 0.29) is 0 Å². The van der Waals surface area contributed by atoms with E-state index in [1.807, 2.05) is 6.07 Å². The molecule has 1 aliphatic heterocycles. The monoisotopic (exact) mass is 221 g/mol. The minimum atomic E-state index is 0.423. The predicted molar refractivity (Wildman–Crippen MR) is 62.4 cm³/mol. The van der Waals surface area contributed by atoms with Crippen LogP contribution in [0, 0.1) is 5.41 Å². The smallest absolute Gasteiger partial charge is 0.185 e. The molecule has 0 amide bonds. The highest BCUT2D eigenvalue weighted by Gasteiger charge is 2.25. The molecule has 1 aromatic rings. The molecule has 0 bridgehead atoms. The summed E-state index contributed by atoms with van der Waals surface area (Å²) in [5.41, 5.74) is 0.480. The summed E-state index contributed by atoms with van der Waals surface area (Å²) >= 11 is 0. The van der Waals surface area contributed by atoms with Gasteiger partial charge in [0.05, 0.1) is 6.54 Å². The van der Waals surface area contributed by atoms with Crippen molar-refractivity contribution in [2.75, 3.05) is 13.1 Å². The molecule has 0 aromatic carbocycles. The lowest BCUT2D eigenvalue weighted by atomic mass is 9.83. The Morgan fingerprint density at radius 1 is 1.38 bits per heavy atom.